The van der Waals surface area contributed by atoms with Gasteiger partial charge >= 0.3 is 0 Å². The number of carbonyl (C=O) groups is 1. The van der Waals surface area contributed by atoms with E-state index in [1.54, 1.807) is 0 Å². The second-order valence-electron chi connectivity index (χ2n) is 5.86. The predicted octanol–water partition coefficient (Wildman–Crippen LogP) is 2.73. The monoisotopic (exact) mass is 270 g/mol. The van der Waals surface area contributed by atoms with Crippen LogP contribution in [0.15, 0.2) is 28.4 Å². The van der Waals surface area contributed by atoms with Crippen LogP contribution < -0.4 is 10.5 Å². The van der Waals surface area contributed by atoms with Crippen LogP contribution in [0, 0.1) is 13.8 Å². The first kappa shape index (κ1) is 12.9. The first-order valence-electron chi connectivity index (χ1n) is 6.71. The molecule has 0 aromatic heterocycles. The number of ether oxygens (including phenoxy) is 1. The van der Waals surface area contributed by atoms with Crippen molar-refractivity contribution in [1.82, 2.24) is 0 Å². The second-order valence-corrected chi connectivity index (χ2v) is 5.86. The molecular formula is C16H18N2O2. The molecule has 20 heavy (non-hydrogen) atoms. The summed E-state index contributed by atoms with van der Waals surface area (Å²) in [4.78, 5) is 16.7. The highest BCUT2D eigenvalue weighted by molar-refractivity contribution is 6.19. The van der Waals surface area contributed by atoms with Gasteiger partial charge in [0.15, 0.2) is 11.4 Å². The molecule has 3 rings (SSSR count). The van der Waals surface area contributed by atoms with Crippen LogP contribution in [0.5, 0.6) is 5.75 Å². The highest BCUT2D eigenvalue weighted by Crippen LogP contribution is 2.43. The molecule has 0 fully saturated rings. The molecule has 0 spiro atoms. The smallest absolute Gasteiger partial charge is 0.183 e. The van der Waals surface area contributed by atoms with Crippen molar-refractivity contribution < 1.29 is 9.53 Å². The lowest BCUT2D eigenvalue weighted by atomic mass is 9.81. The van der Waals surface area contributed by atoms with Crippen molar-refractivity contribution in [2.75, 3.05) is 0 Å². The fourth-order valence-electron chi connectivity index (χ4n) is 3.00. The molecular weight excluding hydrogens is 252 g/mol. The quantitative estimate of drug-likeness (QED) is 0.788. The maximum absolute atomic E-state index is 12.0. The van der Waals surface area contributed by atoms with Crippen LogP contribution in [-0.2, 0) is 4.79 Å². The minimum atomic E-state index is -0.711. The third-order valence-corrected chi connectivity index (χ3v) is 4.03. The molecule has 2 N–H and O–H groups in total. The van der Waals surface area contributed by atoms with Crippen molar-refractivity contribution in [1.29, 1.82) is 0 Å². The molecule has 1 unspecified atom stereocenters. The van der Waals surface area contributed by atoms with E-state index < -0.39 is 5.60 Å². The molecule has 4 heteroatoms. The number of ketones is 1. The Morgan fingerprint density at radius 2 is 2.00 bits per heavy atom. The SMILES string of the molecule is CC1=C(N)C(=O)CC2(C)Oc3cc(C)cc(C)c3N=C12. The summed E-state index contributed by atoms with van der Waals surface area (Å²) < 4.78 is 6.13. The van der Waals surface area contributed by atoms with Gasteiger partial charge in [-0.2, -0.15) is 0 Å². The van der Waals surface area contributed by atoms with E-state index in [-0.39, 0.29) is 12.2 Å². The number of nitrogens with two attached hydrogens (primary N) is 1. The molecule has 1 atom stereocenters. The second kappa shape index (κ2) is 3.95. The molecule has 1 aromatic carbocycles. The van der Waals surface area contributed by atoms with E-state index >= 15 is 0 Å². The Bertz CT molecular complexity index is 701. The van der Waals surface area contributed by atoms with Gasteiger partial charge in [-0.3, -0.25) is 4.79 Å². The van der Waals surface area contributed by atoms with E-state index in [4.69, 9.17) is 15.5 Å². The van der Waals surface area contributed by atoms with E-state index in [0.717, 1.165) is 33.8 Å². The third kappa shape index (κ3) is 1.68. The number of benzene rings is 1. The van der Waals surface area contributed by atoms with Gasteiger partial charge in [0.1, 0.15) is 11.4 Å². The number of carbonyl (C=O) groups excluding carboxylic acids is 1. The van der Waals surface area contributed by atoms with Gasteiger partial charge in [-0.25, -0.2) is 4.99 Å². The number of Topliss-reactive ketones (excluding diaryl/α,β-unsaturated/α-hetero) is 1. The number of rotatable bonds is 0. The van der Waals surface area contributed by atoms with Crippen molar-refractivity contribution in [2.24, 2.45) is 10.7 Å². The van der Waals surface area contributed by atoms with Gasteiger partial charge in [-0.15, -0.1) is 0 Å². The van der Waals surface area contributed by atoms with Crippen molar-refractivity contribution in [3.63, 3.8) is 0 Å². The van der Waals surface area contributed by atoms with Gasteiger partial charge in [0, 0.05) is 5.57 Å². The van der Waals surface area contributed by atoms with E-state index in [2.05, 4.69) is 6.07 Å². The molecule has 0 bridgehead atoms. The number of aryl methyl sites for hydroxylation is 2. The van der Waals surface area contributed by atoms with Crippen LogP contribution in [-0.4, -0.2) is 17.1 Å². The van der Waals surface area contributed by atoms with Crippen LogP contribution in [0.3, 0.4) is 0 Å². The Labute approximate surface area is 118 Å². The summed E-state index contributed by atoms with van der Waals surface area (Å²) in [6.45, 7) is 7.77. The summed E-state index contributed by atoms with van der Waals surface area (Å²) in [7, 11) is 0. The molecule has 0 amide bonds. The fraction of sp³-hybridized carbons (Fsp3) is 0.375. The average molecular weight is 270 g/mol. The van der Waals surface area contributed by atoms with Crippen LogP contribution in [0.4, 0.5) is 5.69 Å². The summed E-state index contributed by atoms with van der Waals surface area (Å²) >= 11 is 0. The molecule has 2 aliphatic rings. The van der Waals surface area contributed by atoms with Crippen molar-refractivity contribution in [2.45, 2.75) is 39.7 Å². The zero-order chi connectivity index (χ0) is 14.7. The van der Waals surface area contributed by atoms with Gasteiger partial charge in [-0.1, -0.05) is 6.07 Å². The van der Waals surface area contributed by atoms with E-state index in [1.807, 2.05) is 33.8 Å². The Hall–Kier alpha value is -2.10. The Kier molecular flexibility index (Phi) is 2.55. The third-order valence-electron chi connectivity index (χ3n) is 4.03. The van der Waals surface area contributed by atoms with Gasteiger partial charge < -0.3 is 10.5 Å². The van der Waals surface area contributed by atoms with Gasteiger partial charge in [-0.05, 0) is 44.9 Å². The van der Waals surface area contributed by atoms with Crippen molar-refractivity contribution in [3.8, 4) is 5.75 Å². The highest BCUT2D eigenvalue weighted by atomic mass is 16.5. The van der Waals surface area contributed by atoms with Crippen LogP contribution >= 0.6 is 0 Å². The lowest BCUT2D eigenvalue weighted by Gasteiger charge is -2.39. The largest absolute Gasteiger partial charge is 0.478 e. The average Bonchev–Trinajstić information content (AvgIpc) is 2.34. The van der Waals surface area contributed by atoms with E-state index in [9.17, 15) is 4.79 Å². The van der Waals surface area contributed by atoms with Gasteiger partial charge in [0.25, 0.3) is 0 Å². The summed E-state index contributed by atoms with van der Waals surface area (Å²) in [5.74, 6) is 0.673. The predicted molar refractivity (Wildman–Crippen MR) is 78.6 cm³/mol. The molecule has 1 aliphatic heterocycles. The van der Waals surface area contributed by atoms with Crippen LogP contribution in [0.1, 0.15) is 31.4 Å². The molecule has 0 radical (unpaired) electrons. The summed E-state index contributed by atoms with van der Waals surface area (Å²) in [6, 6.07) is 4.04. The molecule has 104 valence electrons. The number of hydrogen-bond donors (Lipinski definition) is 1. The van der Waals surface area contributed by atoms with Crippen LogP contribution in [0.25, 0.3) is 0 Å². The molecule has 4 nitrogen and oxygen atoms in total. The van der Waals surface area contributed by atoms with Gasteiger partial charge in [0.2, 0.25) is 0 Å². The zero-order valence-electron chi connectivity index (χ0n) is 12.2. The first-order valence-corrected chi connectivity index (χ1v) is 6.71. The summed E-state index contributed by atoms with van der Waals surface area (Å²) in [5, 5.41) is 0. The summed E-state index contributed by atoms with van der Waals surface area (Å²) in [6.07, 6.45) is 0.238. The van der Waals surface area contributed by atoms with Crippen LogP contribution in [0.2, 0.25) is 0 Å². The highest BCUT2D eigenvalue weighted by Gasteiger charge is 2.44. The number of hydrogen-bond acceptors (Lipinski definition) is 4. The molecule has 0 saturated heterocycles. The van der Waals surface area contributed by atoms with Gasteiger partial charge in [0.05, 0.1) is 17.8 Å². The van der Waals surface area contributed by atoms with E-state index in [1.165, 1.54) is 0 Å². The maximum atomic E-state index is 12.0. The number of allylic oxidation sites excluding steroid dienone is 1. The summed E-state index contributed by atoms with van der Waals surface area (Å²) in [5.41, 5.74) is 9.99. The fourth-order valence-corrected chi connectivity index (χ4v) is 3.00. The lowest BCUT2D eigenvalue weighted by Crippen LogP contribution is -2.50. The maximum Gasteiger partial charge on any atom is 0.183 e. The molecule has 1 aliphatic carbocycles. The minimum Gasteiger partial charge on any atom is -0.478 e. The number of fused-ring (bicyclic) bond motifs is 2. The molecule has 0 saturated carbocycles. The number of aliphatic imine (C=N–C) groups is 1. The number of nitrogens with zero attached hydrogens (tertiary/aromatic N) is 1. The Morgan fingerprint density at radius 3 is 2.70 bits per heavy atom. The topological polar surface area (TPSA) is 64.7 Å². The molecule has 1 heterocycles. The van der Waals surface area contributed by atoms with E-state index in [0.29, 0.717) is 5.70 Å². The standard InChI is InChI=1S/C16H18N2O2/c1-8-5-9(2)14-12(6-8)20-16(4)7-11(19)13(17)10(3)15(16)18-14/h5-6H,7,17H2,1-4H3. The first-order chi connectivity index (χ1) is 9.32. The molecule has 1 aromatic rings. The lowest BCUT2D eigenvalue weighted by molar-refractivity contribution is -0.118. The van der Waals surface area contributed by atoms with Crippen molar-refractivity contribution in [3.05, 3.63) is 34.5 Å². The Balaban J connectivity index is 2.26. The normalized spacial score (nSPS) is 24.8. The minimum absolute atomic E-state index is 0.0724. The Morgan fingerprint density at radius 1 is 1.30 bits per heavy atom. The zero-order valence-corrected chi connectivity index (χ0v) is 12.2. The van der Waals surface area contributed by atoms with Crippen molar-refractivity contribution >= 4 is 17.2 Å².